The molecule has 40 heavy (non-hydrogen) atoms. The number of hydrogen-bond acceptors (Lipinski definition) is 2. The van der Waals surface area contributed by atoms with E-state index in [0.717, 1.165) is 29.5 Å². The van der Waals surface area contributed by atoms with E-state index in [1.165, 1.54) is 43.0 Å². The molecule has 1 aliphatic carbocycles. The molecule has 198 valence electrons. The molecule has 0 fully saturated rings. The van der Waals surface area contributed by atoms with Gasteiger partial charge in [-0.2, -0.15) is 0 Å². The number of fused-ring (bicyclic) bond motifs is 1. The van der Waals surface area contributed by atoms with Crippen LogP contribution < -0.4 is 0 Å². The summed E-state index contributed by atoms with van der Waals surface area (Å²) in [6.07, 6.45) is 19.3. The van der Waals surface area contributed by atoms with E-state index in [1.54, 1.807) is 0 Å². The Kier molecular flexibility index (Phi) is 8.68. The number of nitrogens with zero attached hydrogens (tertiary/aromatic N) is 1. The number of benzene rings is 3. The fraction of sp³-hybridized carbons (Fsp3) is 0.132. The van der Waals surface area contributed by atoms with Gasteiger partial charge in [-0.25, -0.2) is 0 Å². The van der Waals surface area contributed by atoms with Crippen molar-refractivity contribution in [1.29, 1.82) is 0 Å². The summed E-state index contributed by atoms with van der Waals surface area (Å²) in [5, 5.41) is 1.16. The lowest BCUT2D eigenvalue weighted by molar-refractivity contribution is 1.03. The van der Waals surface area contributed by atoms with Crippen molar-refractivity contribution in [3.05, 3.63) is 161 Å². The Morgan fingerprint density at radius 2 is 1.82 bits per heavy atom. The third-order valence-corrected chi connectivity index (χ3v) is 8.59. The van der Waals surface area contributed by atoms with Crippen molar-refractivity contribution in [3.8, 4) is 0 Å². The molecule has 1 atom stereocenters. The predicted octanol–water partition coefficient (Wildman–Crippen LogP) is 11.0. The largest absolute Gasteiger partial charge is 0.263 e. The summed E-state index contributed by atoms with van der Waals surface area (Å²) in [6, 6.07) is 26.1. The van der Waals surface area contributed by atoms with Crippen LogP contribution in [0.15, 0.2) is 139 Å². The first-order chi connectivity index (χ1) is 19.6. The topological polar surface area (TPSA) is 12.4 Å². The Morgan fingerprint density at radius 1 is 1.02 bits per heavy atom. The first-order valence-corrected chi connectivity index (χ1v) is 14.7. The molecule has 0 radical (unpaired) electrons. The molecule has 0 spiro atoms. The molecule has 4 aromatic rings. The van der Waals surface area contributed by atoms with E-state index in [2.05, 4.69) is 154 Å². The van der Waals surface area contributed by atoms with Gasteiger partial charge in [-0.1, -0.05) is 129 Å². The van der Waals surface area contributed by atoms with Gasteiger partial charge in [-0.15, -0.1) is 11.3 Å². The van der Waals surface area contributed by atoms with Crippen LogP contribution in [0.1, 0.15) is 53.3 Å². The van der Waals surface area contributed by atoms with Crippen molar-refractivity contribution in [2.75, 3.05) is 0 Å². The Balaban J connectivity index is 1.72. The highest BCUT2D eigenvalue weighted by Gasteiger charge is 2.23. The van der Waals surface area contributed by atoms with Crippen molar-refractivity contribution in [2.24, 2.45) is 4.99 Å². The molecule has 0 saturated carbocycles. The highest BCUT2D eigenvalue weighted by Crippen LogP contribution is 2.46. The maximum atomic E-state index is 4.57. The van der Waals surface area contributed by atoms with Gasteiger partial charge in [0.25, 0.3) is 0 Å². The molecule has 0 aliphatic heterocycles. The van der Waals surface area contributed by atoms with Gasteiger partial charge in [0.05, 0.1) is 5.69 Å². The van der Waals surface area contributed by atoms with Crippen LogP contribution in [0.4, 0.5) is 5.69 Å². The fourth-order valence-electron chi connectivity index (χ4n) is 5.37. The predicted molar refractivity (Wildman–Crippen MR) is 178 cm³/mol. The first-order valence-electron chi connectivity index (χ1n) is 13.9. The van der Waals surface area contributed by atoms with Crippen LogP contribution in [0.2, 0.25) is 0 Å². The SMILES string of the molecule is C=Nc1c(C(/C=C(\C=C/C)c2ccccc2)c2ccc(/C3=C/C/C=C\C=C/C3=C)c(CC)c2)sc2ccccc12. The summed E-state index contributed by atoms with van der Waals surface area (Å²) in [6.45, 7) is 12.7. The number of rotatable bonds is 8. The second kappa shape index (κ2) is 12.7. The highest BCUT2D eigenvalue weighted by atomic mass is 32.1. The maximum Gasteiger partial charge on any atom is 0.0849 e. The van der Waals surface area contributed by atoms with E-state index < -0.39 is 0 Å². The molecule has 1 aromatic heterocycles. The lowest BCUT2D eigenvalue weighted by atomic mass is 9.86. The lowest BCUT2D eigenvalue weighted by Crippen LogP contribution is -2.02. The molecule has 2 heteroatoms. The van der Waals surface area contributed by atoms with Crippen molar-refractivity contribution < 1.29 is 0 Å². The zero-order chi connectivity index (χ0) is 27.9. The van der Waals surface area contributed by atoms with Crippen molar-refractivity contribution >= 4 is 45.0 Å². The number of thiophene rings is 1. The molecule has 1 unspecified atom stereocenters. The minimum atomic E-state index is 0.0148. The van der Waals surface area contributed by atoms with Gasteiger partial charge >= 0.3 is 0 Å². The Morgan fingerprint density at radius 3 is 2.60 bits per heavy atom. The van der Waals surface area contributed by atoms with E-state index >= 15 is 0 Å². The van der Waals surface area contributed by atoms with Crippen molar-refractivity contribution in [1.82, 2.24) is 0 Å². The van der Waals surface area contributed by atoms with E-state index in [-0.39, 0.29) is 5.92 Å². The van der Waals surface area contributed by atoms with Crippen LogP contribution in [-0.4, -0.2) is 6.72 Å². The first kappa shape index (κ1) is 27.3. The van der Waals surface area contributed by atoms with E-state index in [0.29, 0.717) is 0 Å². The van der Waals surface area contributed by atoms with Crippen LogP contribution >= 0.6 is 11.3 Å². The average Bonchev–Trinajstić information content (AvgIpc) is 3.36. The summed E-state index contributed by atoms with van der Waals surface area (Å²) in [5.41, 5.74) is 9.46. The highest BCUT2D eigenvalue weighted by molar-refractivity contribution is 7.19. The number of aliphatic imine (C=N–C) groups is 1. The molecule has 1 aliphatic rings. The van der Waals surface area contributed by atoms with Gasteiger partial charge in [0, 0.05) is 20.9 Å². The summed E-state index contributed by atoms with van der Waals surface area (Å²) < 4.78 is 1.23. The monoisotopic (exact) mass is 537 g/mol. The number of hydrogen-bond donors (Lipinski definition) is 0. The van der Waals surface area contributed by atoms with E-state index in [9.17, 15) is 0 Å². The van der Waals surface area contributed by atoms with Crippen LogP contribution in [-0.2, 0) is 6.42 Å². The molecule has 0 bridgehead atoms. The van der Waals surface area contributed by atoms with E-state index in [1.807, 2.05) is 11.3 Å². The van der Waals surface area contributed by atoms with Gasteiger partial charge in [0.1, 0.15) is 0 Å². The molecule has 0 saturated heterocycles. The fourth-order valence-corrected chi connectivity index (χ4v) is 6.63. The summed E-state index contributed by atoms with van der Waals surface area (Å²) in [7, 11) is 0. The van der Waals surface area contributed by atoms with Gasteiger partial charge < -0.3 is 0 Å². The molecule has 0 N–H and O–H groups in total. The van der Waals surface area contributed by atoms with Crippen LogP contribution in [0.25, 0.3) is 21.2 Å². The van der Waals surface area contributed by atoms with Gasteiger partial charge in [-0.3, -0.25) is 4.99 Å². The third kappa shape index (κ3) is 5.68. The summed E-state index contributed by atoms with van der Waals surface area (Å²) in [4.78, 5) is 5.79. The minimum Gasteiger partial charge on any atom is -0.263 e. The standard InChI is InChI=1S/C38H35NS/c1-5-16-30(29-18-11-9-12-19-29)26-35(38-37(39-4)34-21-14-15-22-36(34)40-38)31-23-24-33(28(6-2)25-31)32-20-13-8-7-10-17-27(32)3/h5,7-12,14-26,35H,3-4,6,13H2,1-2H3/b8-7-,16-5-,17-10-,30-26+,32-20+. The average molecular weight is 538 g/mol. The van der Waals surface area contributed by atoms with Gasteiger partial charge in [-0.05, 0) is 71.5 Å². The van der Waals surface area contributed by atoms with Crippen LogP contribution in [0.5, 0.6) is 0 Å². The lowest BCUT2D eigenvalue weighted by Gasteiger charge is -2.20. The Hall–Kier alpha value is -4.27. The van der Waals surface area contributed by atoms with Crippen molar-refractivity contribution in [2.45, 2.75) is 32.6 Å². The molecule has 0 amide bonds. The molecule has 5 rings (SSSR count). The Labute approximate surface area is 242 Å². The van der Waals surface area contributed by atoms with Crippen LogP contribution in [0, 0.1) is 0 Å². The number of aryl methyl sites for hydroxylation is 1. The van der Waals surface area contributed by atoms with E-state index in [4.69, 9.17) is 0 Å². The van der Waals surface area contributed by atoms with Gasteiger partial charge in [0.15, 0.2) is 0 Å². The molecule has 1 heterocycles. The zero-order valence-electron chi connectivity index (χ0n) is 23.3. The second-order valence-corrected chi connectivity index (χ2v) is 11.0. The summed E-state index contributed by atoms with van der Waals surface area (Å²) >= 11 is 1.81. The number of allylic oxidation sites excluding steroid dienone is 11. The van der Waals surface area contributed by atoms with Crippen molar-refractivity contribution in [3.63, 3.8) is 0 Å². The Bertz CT molecular complexity index is 1690. The normalized spacial score (nSPS) is 17.7. The third-order valence-electron chi connectivity index (χ3n) is 7.34. The molecule has 3 aromatic carbocycles. The molecule has 1 nitrogen and oxygen atoms in total. The maximum absolute atomic E-state index is 4.57. The molecular weight excluding hydrogens is 502 g/mol. The quantitative estimate of drug-likeness (QED) is 0.157. The van der Waals surface area contributed by atoms with Gasteiger partial charge in [0.2, 0.25) is 0 Å². The molecular formula is C38H35NS. The zero-order valence-corrected chi connectivity index (χ0v) is 24.1. The second-order valence-electron chi connectivity index (χ2n) is 9.87. The minimum absolute atomic E-state index is 0.0148. The van der Waals surface area contributed by atoms with Crippen LogP contribution in [0.3, 0.4) is 0 Å². The summed E-state index contributed by atoms with van der Waals surface area (Å²) in [5.74, 6) is 0.0148. The smallest absolute Gasteiger partial charge is 0.0849 e.